The summed E-state index contributed by atoms with van der Waals surface area (Å²) in [4.78, 5) is 11.1. The minimum absolute atomic E-state index is 0.300. The van der Waals surface area contributed by atoms with E-state index in [1.54, 1.807) is 6.07 Å². The van der Waals surface area contributed by atoms with Crippen molar-refractivity contribution >= 4 is 5.97 Å². The highest BCUT2D eigenvalue weighted by Gasteiger charge is 2.21. The van der Waals surface area contributed by atoms with Crippen LogP contribution in [0.1, 0.15) is 51.2 Å². The topological polar surface area (TPSA) is 76.1 Å². The Labute approximate surface area is 126 Å². The molecule has 114 valence electrons. The number of nitrogens with two attached hydrogens (primary N) is 1. The molecule has 1 rings (SSSR count). The smallest absolute Gasteiger partial charge is 0.308 e. The van der Waals surface area contributed by atoms with E-state index in [-0.39, 0.29) is 0 Å². The highest BCUT2D eigenvalue weighted by atomic mass is 16.5. The molecular weight excluding hydrogens is 264 g/mol. The highest BCUT2D eigenvalue weighted by molar-refractivity contribution is 5.70. The second-order valence-corrected chi connectivity index (χ2v) is 5.91. The molecule has 21 heavy (non-hydrogen) atoms. The molecule has 0 fully saturated rings. The third-order valence-electron chi connectivity index (χ3n) is 3.59. The van der Waals surface area contributed by atoms with E-state index in [9.17, 15) is 10.1 Å². The third kappa shape index (κ3) is 4.87. The van der Waals surface area contributed by atoms with Crippen LogP contribution in [0.2, 0.25) is 0 Å². The van der Waals surface area contributed by atoms with Crippen LogP contribution in [-0.4, -0.2) is 12.5 Å². The zero-order valence-electron chi connectivity index (χ0n) is 13.2. The van der Waals surface area contributed by atoms with E-state index < -0.39 is 5.97 Å². The Bertz CT molecular complexity index is 532. The minimum atomic E-state index is -0.423. The van der Waals surface area contributed by atoms with Crippen molar-refractivity contribution in [3.63, 3.8) is 0 Å². The molecule has 1 aromatic carbocycles. The summed E-state index contributed by atoms with van der Waals surface area (Å²) in [5.74, 6) is 1.07. The standard InChI is InChI=1S/C17H24N2O2/c1-11(2)7-16(12(3)9-18)14-5-6-17(21-13(4)20)15(8-14)10-19/h5-6,8,11-12,16H,7,9,18H2,1-4H3. The fourth-order valence-electron chi connectivity index (χ4n) is 2.48. The number of rotatable bonds is 6. The van der Waals surface area contributed by atoms with E-state index >= 15 is 0 Å². The number of carbonyl (C=O) groups excluding carboxylic acids is 1. The lowest BCUT2D eigenvalue weighted by molar-refractivity contribution is -0.131. The van der Waals surface area contributed by atoms with Crippen LogP contribution < -0.4 is 10.5 Å². The van der Waals surface area contributed by atoms with Gasteiger partial charge in [-0.2, -0.15) is 5.26 Å². The number of nitriles is 1. The maximum absolute atomic E-state index is 11.1. The Morgan fingerprint density at radius 1 is 1.38 bits per heavy atom. The minimum Gasteiger partial charge on any atom is -0.425 e. The van der Waals surface area contributed by atoms with Gasteiger partial charge in [0.25, 0.3) is 0 Å². The molecule has 1 aromatic rings. The van der Waals surface area contributed by atoms with E-state index in [0.717, 1.165) is 12.0 Å². The van der Waals surface area contributed by atoms with Gasteiger partial charge in [0.2, 0.25) is 0 Å². The molecule has 0 aliphatic carbocycles. The van der Waals surface area contributed by atoms with Crippen LogP contribution >= 0.6 is 0 Å². The molecule has 2 N–H and O–H groups in total. The Hall–Kier alpha value is -1.86. The SMILES string of the molecule is CC(=O)Oc1ccc(C(CC(C)C)C(C)CN)cc1C#N. The first-order valence-corrected chi connectivity index (χ1v) is 7.31. The molecule has 0 bridgehead atoms. The van der Waals surface area contributed by atoms with Crippen LogP contribution in [-0.2, 0) is 4.79 Å². The van der Waals surface area contributed by atoms with Crippen molar-refractivity contribution in [2.45, 2.75) is 40.0 Å². The quantitative estimate of drug-likeness (QED) is 0.644. The zero-order valence-corrected chi connectivity index (χ0v) is 13.2. The summed E-state index contributed by atoms with van der Waals surface area (Å²) in [6.45, 7) is 8.40. The molecule has 0 amide bonds. The average Bonchev–Trinajstić information content (AvgIpc) is 2.43. The van der Waals surface area contributed by atoms with E-state index in [0.29, 0.717) is 35.6 Å². The number of nitrogens with zero attached hydrogens (tertiary/aromatic N) is 1. The first-order valence-electron chi connectivity index (χ1n) is 7.31. The van der Waals surface area contributed by atoms with Gasteiger partial charge in [-0.1, -0.05) is 26.8 Å². The second kappa shape index (κ2) is 7.80. The van der Waals surface area contributed by atoms with Crippen LogP contribution in [0.15, 0.2) is 18.2 Å². The number of esters is 1. The lowest BCUT2D eigenvalue weighted by Crippen LogP contribution is -2.20. The first-order chi connectivity index (χ1) is 9.88. The maximum Gasteiger partial charge on any atom is 0.308 e. The molecule has 0 aromatic heterocycles. The summed E-state index contributed by atoms with van der Waals surface area (Å²) in [6.07, 6.45) is 1.01. The van der Waals surface area contributed by atoms with Gasteiger partial charge < -0.3 is 10.5 Å². The van der Waals surface area contributed by atoms with Gasteiger partial charge in [0, 0.05) is 6.92 Å². The highest BCUT2D eigenvalue weighted by Crippen LogP contribution is 2.33. The summed E-state index contributed by atoms with van der Waals surface area (Å²) < 4.78 is 5.05. The summed E-state index contributed by atoms with van der Waals surface area (Å²) in [5, 5.41) is 9.25. The zero-order chi connectivity index (χ0) is 16.0. The normalized spacial score (nSPS) is 13.6. The second-order valence-electron chi connectivity index (χ2n) is 5.91. The summed E-state index contributed by atoms with van der Waals surface area (Å²) in [6, 6.07) is 7.54. The predicted octanol–water partition coefficient (Wildman–Crippen LogP) is 3.21. The Kier molecular flexibility index (Phi) is 6.39. The Morgan fingerprint density at radius 3 is 2.52 bits per heavy atom. The molecule has 0 aliphatic heterocycles. The molecule has 0 radical (unpaired) electrons. The number of carbonyl (C=O) groups is 1. The van der Waals surface area contributed by atoms with Crippen molar-refractivity contribution < 1.29 is 9.53 Å². The predicted molar refractivity (Wildman–Crippen MR) is 82.9 cm³/mol. The Balaban J connectivity index is 3.15. The van der Waals surface area contributed by atoms with Crippen molar-refractivity contribution in [2.24, 2.45) is 17.6 Å². The van der Waals surface area contributed by atoms with Gasteiger partial charge in [0.1, 0.15) is 11.8 Å². The van der Waals surface area contributed by atoms with Crippen LogP contribution in [0, 0.1) is 23.2 Å². The van der Waals surface area contributed by atoms with Gasteiger partial charge in [0.05, 0.1) is 5.56 Å². The molecule has 0 spiro atoms. The van der Waals surface area contributed by atoms with Crippen molar-refractivity contribution in [2.75, 3.05) is 6.54 Å². The van der Waals surface area contributed by atoms with E-state index in [2.05, 4.69) is 26.8 Å². The van der Waals surface area contributed by atoms with Gasteiger partial charge in [0.15, 0.2) is 0 Å². The molecule has 0 heterocycles. The van der Waals surface area contributed by atoms with Crippen LogP contribution in [0.5, 0.6) is 5.75 Å². The Morgan fingerprint density at radius 2 is 2.05 bits per heavy atom. The van der Waals surface area contributed by atoms with Gasteiger partial charge in [-0.3, -0.25) is 4.79 Å². The van der Waals surface area contributed by atoms with E-state index in [1.807, 2.05) is 12.1 Å². The number of hydrogen-bond donors (Lipinski definition) is 1. The van der Waals surface area contributed by atoms with Crippen molar-refractivity contribution in [3.05, 3.63) is 29.3 Å². The first kappa shape index (κ1) is 17.2. The van der Waals surface area contributed by atoms with Gasteiger partial charge in [-0.15, -0.1) is 0 Å². The monoisotopic (exact) mass is 288 g/mol. The van der Waals surface area contributed by atoms with Gasteiger partial charge in [-0.25, -0.2) is 0 Å². The fraction of sp³-hybridized carbons (Fsp3) is 0.529. The third-order valence-corrected chi connectivity index (χ3v) is 3.59. The van der Waals surface area contributed by atoms with Crippen LogP contribution in [0.25, 0.3) is 0 Å². The average molecular weight is 288 g/mol. The van der Waals surface area contributed by atoms with E-state index in [1.165, 1.54) is 6.92 Å². The summed E-state index contributed by atoms with van der Waals surface area (Å²) in [5.41, 5.74) is 7.29. The summed E-state index contributed by atoms with van der Waals surface area (Å²) >= 11 is 0. The largest absolute Gasteiger partial charge is 0.425 e. The van der Waals surface area contributed by atoms with Gasteiger partial charge >= 0.3 is 5.97 Å². The molecule has 4 nitrogen and oxygen atoms in total. The molecule has 0 saturated heterocycles. The lowest BCUT2D eigenvalue weighted by Gasteiger charge is -2.25. The fourth-order valence-corrected chi connectivity index (χ4v) is 2.48. The van der Waals surface area contributed by atoms with Crippen LogP contribution in [0.3, 0.4) is 0 Å². The van der Waals surface area contributed by atoms with Crippen molar-refractivity contribution in [1.29, 1.82) is 5.26 Å². The molecule has 0 saturated carbocycles. The van der Waals surface area contributed by atoms with E-state index in [4.69, 9.17) is 10.5 Å². The van der Waals surface area contributed by atoms with Crippen LogP contribution in [0.4, 0.5) is 0 Å². The lowest BCUT2D eigenvalue weighted by atomic mass is 9.81. The maximum atomic E-state index is 11.1. The number of benzene rings is 1. The summed E-state index contributed by atoms with van der Waals surface area (Å²) in [7, 11) is 0. The molecule has 2 unspecified atom stereocenters. The molecule has 0 aliphatic rings. The number of hydrogen-bond acceptors (Lipinski definition) is 4. The van der Waals surface area contributed by atoms with Gasteiger partial charge in [-0.05, 0) is 48.4 Å². The molecular formula is C17H24N2O2. The van der Waals surface area contributed by atoms with Crippen molar-refractivity contribution in [1.82, 2.24) is 0 Å². The molecule has 4 heteroatoms. The van der Waals surface area contributed by atoms with Crippen molar-refractivity contribution in [3.8, 4) is 11.8 Å². The number of ether oxygens (including phenoxy) is 1. The molecule has 2 atom stereocenters.